The topological polar surface area (TPSA) is 111 Å². The molecule has 1 fully saturated rings. The number of aromatic nitrogens is 1. The van der Waals surface area contributed by atoms with E-state index in [1.54, 1.807) is 0 Å². The van der Waals surface area contributed by atoms with Crippen LogP contribution < -0.4 is 5.32 Å². The molecular weight excluding hydrogens is 310 g/mol. The first-order chi connectivity index (χ1) is 10.3. The van der Waals surface area contributed by atoms with E-state index in [1.165, 1.54) is 24.6 Å². The summed E-state index contributed by atoms with van der Waals surface area (Å²) in [6.45, 7) is 1.28. The zero-order chi connectivity index (χ0) is 16.2. The van der Waals surface area contributed by atoms with E-state index in [1.807, 2.05) is 0 Å². The maximum absolute atomic E-state index is 11.7. The Morgan fingerprint density at radius 3 is 2.73 bits per heavy atom. The van der Waals surface area contributed by atoms with Crippen molar-refractivity contribution in [3.63, 3.8) is 0 Å². The van der Waals surface area contributed by atoms with Gasteiger partial charge in [0, 0.05) is 43.7 Å². The summed E-state index contributed by atoms with van der Waals surface area (Å²) in [5, 5.41) is 13.9. The number of hydrogen-bond donors (Lipinski definition) is 1. The van der Waals surface area contributed by atoms with Gasteiger partial charge in [0.1, 0.15) is 9.84 Å². The summed E-state index contributed by atoms with van der Waals surface area (Å²) in [5.41, 5.74) is -0.610. The molecule has 0 bridgehead atoms. The van der Waals surface area contributed by atoms with E-state index in [-0.39, 0.29) is 17.3 Å². The molecule has 1 aliphatic heterocycles. The molecule has 0 saturated carbocycles. The van der Waals surface area contributed by atoms with E-state index < -0.39 is 20.2 Å². The van der Waals surface area contributed by atoms with Gasteiger partial charge >= 0.3 is 5.69 Å². The number of nitrogens with zero attached hydrogens (tertiary/aromatic N) is 2. The zero-order valence-electron chi connectivity index (χ0n) is 12.3. The minimum atomic E-state index is -3.16. The molecule has 122 valence electrons. The second-order valence-corrected chi connectivity index (χ2v) is 7.80. The average molecular weight is 329 g/mol. The van der Waals surface area contributed by atoms with Crippen LogP contribution in [0.25, 0.3) is 0 Å². The van der Waals surface area contributed by atoms with Gasteiger partial charge in [-0.25, -0.2) is 13.4 Å². The predicted octanol–water partition coefficient (Wildman–Crippen LogP) is 1.24. The number of ether oxygens (including phenoxy) is 1. The number of rotatable bonds is 6. The van der Waals surface area contributed by atoms with Crippen molar-refractivity contribution in [2.75, 3.05) is 37.1 Å². The van der Waals surface area contributed by atoms with Crippen LogP contribution in [0.4, 0.5) is 11.5 Å². The quantitative estimate of drug-likeness (QED) is 0.617. The van der Waals surface area contributed by atoms with E-state index in [2.05, 4.69) is 10.3 Å². The minimum Gasteiger partial charge on any atom is -0.381 e. The third-order valence-electron chi connectivity index (χ3n) is 3.74. The molecule has 1 aromatic heterocycles. The van der Waals surface area contributed by atoms with Gasteiger partial charge in [-0.05, 0) is 18.9 Å². The molecule has 1 aliphatic rings. The molecule has 0 unspecified atom stereocenters. The van der Waals surface area contributed by atoms with E-state index in [0.29, 0.717) is 32.6 Å². The Balaban J connectivity index is 2.17. The van der Waals surface area contributed by atoms with Crippen molar-refractivity contribution in [1.29, 1.82) is 0 Å². The van der Waals surface area contributed by atoms with Gasteiger partial charge < -0.3 is 10.1 Å². The molecule has 22 heavy (non-hydrogen) atoms. The molecule has 1 aromatic rings. The van der Waals surface area contributed by atoms with Crippen LogP contribution in [0.15, 0.2) is 18.3 Å². The Hall–Kier alpha value is -1.74. The van der Waals surface area contributed by atoms with Crippen LogP contribution in [-0.2, 0) is 14.6 Å². The van der Waals surface area contributed by atoms with Crippen molar-refractivity contribution in [2.45, 2.75) is 12.8 Å². The number of hydrogen-bond acceptors (Lipinski definition) is 7. The Morgan fingerprint density at radius 1 is 1.45 bits per heavy atom. The largest absolute Gasteiger partial charge is 0.381 e. The number of pyridine rings is 1. The van der Waals surface area contributed by atoms with E-state index in [4.69, 9.17) is 4.74 Å². The lowest BCUT2D eigenvalue weighted by Crippen LogP contribution is -2.41. The Bertz CT molecular complexity index is 641. The van der Waals surface area contributed by atoms with E-state index >= 15 is 0 Å². The Morgan fingerprint density at radius 2 is 2.14 bits per heavy atom. The molecule has 0 atom stereocenters. The first-order valence-corrected chi connectivity index (χ1v) is 8.96. The monoisotopic (exact) mass is 329 g/mol. The summed E-state index contributed by atoms with van der Waals surface area (Å²) in [7, 11) is -3.16. The van der Waals surface area contributed by atoms with Crippen LogP contribution in [-0.4, -0.2) is 50.1 Å². The zero-order valence-corrected chi connectivity index (χ0v) is 13.1. The molecule has 8 nitrogen and oxygen atoms in total. The van der Waals surface area contributed by atoms with Crippen LogP contribution in [0, 0.1) is 15.5 Å². The molecule has 1 saturated heterocycles. The number of sulfone groups is 1. The fourth-order valence-corrected chi connectivity index (χ4v) is 4.19. The normalized spacial score (nSPS) is 17.9. The van der Waals surface area contributed by atoms with Crippen LogP contribution in [0.3, 0.4) is 0 Å². The molecular formula is C13H19N3O5S. The molecule has 1 N–H and O–H groups in total. The molecule has 0 radical (unpaired) electrons. The summed E-state index contributed by atoms with van der Waals surface area (Å²) in [4.78, 5) is 14.5. The summed E-state index contributed by atoms with van der Waals surface area (Å²) >= 11 is 0. The van der Waals surface area contributed by atoms with Crippen molar-refractivity contribution < 1.29 is 18.1 Å². The van der Waals surface area contributed by atoms with Gasteiger partial charge in [0.05, 0.1) is 10.7 Å². The van der Waals surface area contributed by atoms with Gasteiger partial charge in [0.2, 0.25) is 5.82 Å². The SMILES string of the molecule is CS(=O)(=O)CC1(CNc2ncccc2[N+](=O)[O-])CCOCC1. The van der Waals surface area contributed by atoms with E-state index in [9.17, 15) is 18.5 Å². The van der Waals surface area contributed by atoms with Crippen LogP contribution in [0.2, 0.25) is 0 Å². The van der Waals surface area contributed by atoms with Gasteiger partial charge in [0.25, 0.3) is 0 Å². The fraction of sp³-hybridized carbons (Fsp3) is 0.615. The Kier molecular flexibility index (Phi) is 4.97. The van der Waals surface area contributed by atoms with Crippen LogP contribution in [0.5, 0.6) is 0 Å². The van der Waals surface area contributed by atoms with Gasteiger partial charge in [-0.1, -0.05) is 0 Å². The number of nitrogens with one attached hydrogen (secondary N) is 1. The van der Waals surface area contributed by atoms with Crippen molar-refractivity contribution in [3.05, 3.63) is 28.4 Å². The van der Waals surface area contributed by atoms with Crippen molar-refractivity contribution in [1.82, 2.24) is 4.98 Å². The van der Waals surface area contributed by atoms with Gasteiger partial charge in [-0.15, -0.1) is 0 Å². The maximum atomic E-state index is 11.7. The summed E-state index contributed by atoms with van der Waals surface area (Å²) in [5.74, 6) is 0.184. The number of anilines is 1. The smallest absolute Gasteiger partial charge is 0.311 e. The second kappa shape index (κ2) is 6.57. The molecule has 2 heterocycles. The summed E-state index contributed by atoms with van der Waals surface area (Å²) < 4.78 is 28.7. The summed E-state index contributed by atoms with van der Waals surface area (Å²) in [6, 6.07) is 2.85. The highest BCUT2D eigenvalue weighted by Crippen LogP contribution is 2.33. The van der Waals surface area contributed by atoms with Gasteiger partial charge in [-0.2, -0.15) is 0 Å². The fourth-order valence-electron chi connectivity index (χ4n) is 2.68. The third kappa shape index (κ3) is 4.38. The highest BCUT2D eigenvalue weighted by molar-refractivity contribution is 7.90. The standard InChI is InChI=1S/C13H19N3O5S/c1-22(19,20)10-13(4-7-21-8-5-13)9-15-12-11(16(17)18)3-2-6-14-12/h2-3,6H,4-5,7-10H2,1H3,(H,14,15). The van der Waals surface area contributed by atoms with Crippen LogP contribution >= 0.6 is 0 Å². The predicted molar refractivity (Wildman–Crippen MR) is 81.6 cm³/mol. The lowest BCUT2D eigenvalue weighted by atomic mass is 9.82. The molecule has 2 rings (SSSR count). The maximum Gasteiger partial charge on any atom is 0.311 e. The lowest BCUT2D eigenvalue weighted by Gasteiger charge is -2.36. The highest BCUT2D eigenvalue weighted by atomic mass is 32.2. The first kappa shape index (κ1) is 16.6. The average Bonchev–Trinajstić information content (AvgIpc) is 2.44. The number of nitro groups is 1. The van der Waals surface area contributed by atoms with Crippen molar-refractivity contribution in [3.8, 4) is 0 Å². The molecule has 0 aliphatic carbocycles. The second-order valence-electron chi connectivity index (χ2n) is 5.66. The van der Waals surface area contributed by atoms with Crippen LogP contribution in [0.1, 0.15) is 12.8 Å². The van der Waals surface area contributed by atoms with E-state index in [0.717, 1.165) is 0 Å². The molecule has 0 aromatic carbocycles. The minimum absolute atomic E-state index is 0.0248. The lowest BCUT2D eigenvalue weighted by molar-refractivity contribution is -0.384. The van der Waals surface area contributed by atoms with Crippen molar-refractivity contribution in [2.24, 2.45) is 5.41 Å². The molecule has 9 heteroatoms. The third-order valence-corrected chi connectivity index (χ3v) is 4.87. The van der Waals surface area contributed by atoms with Gasteiger partial charge in [-0.3, -0.25) is 10.1 Å². The summed E-state index contributed by atoms with van der Waals surface area (Å²) in [6.07, 6.45) is 3.84. The van der Waals surface area contributed by atoms with Gasteiger partial charge in [0.15, 0.2) is 0 Å². The van der Waals surface area contributed by atoms with Crippen molar-refractivity contribution >= 4 is 21.3 Å². The molecule has 0 spiro atoms. The highest BCUT2D eigenvalue weighted by Gasteiger charge is 2.36. The first-order valence-electron chi connectivity index (χ1n) is 6.90. The molecule has 0 amide bonds. The Labute approximate surface area is 129 Å².